The molecule has 15 heavy (non-hydrogen) atoms. The summed E-state index contributed by atoms with van der Waals surface area (Å²) >= 11 is -0.930. The Morgan fingerprint density at radius 2 is 1.13 bits per heavy atom. The first-order chi connectivity index (χ1) is 7.42. The third-order valence-corrected chi connectivity index (χ3v) is 6.01. The molecule has 0 saturated carbocycles. The minimum Gasteiger partial charge on any atom is -0.104 e. The van der Waals surface area contributed by atoms with Crippen molar-refractivity contribution in [2.75, 3.05) is 0 Å². The van der Waals surface area contributed by atoms with Crippen LogP contribution in [0.4, 0.5) is 0 Å². The zero-order chi connectivity index (χ0) is 10.5. The van der Waals surface area contributed by atoms with Crippen molar-refractivity contribution in [3.63, 3.8) is 0 Å². The molecule has 0 saturated heterocycles. The quantitative estimate of drug-likeness (QED) is 0.682. The summed E-state index contributed by atoms with van der Waals surface area (Å²) in [6, 6.07) is 21.9. The third-order valence-electron chi connectivity index (χ3n) is 2.81. The normalized spacial score (nSPS) is 9.93. The van der Waals surface area contributed by atoms with Gasteiger partial charge in [-0.1, -0.05) is 72.9 Å². The van der Waals surface area contributed by atoms with Gasteiger partial charge in [-0.2, -0.15) is 0 Å². The lowest BCUT2D eigenvalue weighted by Gasteiger charge is -2.09. The second-order valence-corrected chi connectivity index (χ2v) is 7.04. The van der Waals surface area contributed by atoms with E-state index in [2.05, 4.69) is 67.6 Å². The minimum atomic E-state index is -0.930. The standard InChI is InChI=1S/2C6H5.C2H5.Al/c2*1-2-4-6-5-3-1;1-2;/h2*1-5H;1H2,2H3;. The van der Waals surface area contributed by atoms with Crippen LogP contribution in [0.5, 0.6) is 0 Å². The maximum absolute atomic E-state index is 2.30. The van der Waals surface area contributed by atoms with Gasteiger partial charge in [0.15, 0.2) is 0 Å². The van der Waals surface area contributed by atoms with Crippen molar-refractivity contribution >= 4 is 23.0 Å². The molecule has 0 nitrogen and oxygen atoms in total. The molecule has 0 heterocycles. The maximum atomic E-state index is 2.30. The van der Waals surface area contributed by atoms with Gasteiger partial charge in [0.05, 0.1) is 0 Å². The van der Waals surface area contributed by atoms with E-state index in [1.54, 1.807) is 8.85 Å². The van der Waals surface area contributed by atoms with Crippen LogP contribution in [0, 0.1) is 0 Å². The average molecular weight is 210 g/mol. The molecule has 2 aromatic carbocycles. The van der Waals surface area contributed by atoms with Gasteiger partial charge in [0, 0.05) is 0 Å². The Morgan fingerprint density at radius 1 is 0.733 bits per heavy atom. The maximum Gasteiger partial charge on any atom is 0.345 e. The van der Waals surface area contributed by atoms with Gasteiger partial charge in [-0.15, -0.1) is 8.85 Å². The van der Waals surface area contributed by atoms with Gasteiger partial charge in [-0.3, -0.25) is 0 Å². The van der Waals surface area contributed by atoms with E-state index >= 15 is 0 Å². The molecule has 0 aliphatic rings. The second-order valence-electron chi connectivity index (χ2n) is 3.78. The molecule has 2 aromatic rings. The summed E-state index contributed by atoms with van der Waals surface area (Å²) in [4.78, 5) is 0. The van der Waals surface area contributed by atoms with Crippen molar-refractivity contribution in [3.05, 3.63) is 60.7 Å². The van der Waals surface area contributed by atoms with Crippen LogP contribution in [0.2, 0.25) is 5.28 Å². The van der Waals surface area contributed by atoms with E-state index in [0.717, 1.165) is 0 Å². The van der Waals surface area contributed by atoms with E-state index in [4.69, 9.17) is 0 Å². The predicted octanol–water partition coefficient (Wildman–Crippen LogP) is 2.32. The summed E-state index contributed by atoms with van der Waals surface area (Å²) < 4.78 is 3.09. The SMILES string of the molecule is C[CH2][Al]([c]1ccccc1)[c]1ccccc1. The van der Waals surface area contributed by atoms with Gasteiger partial charge >= 0.3 is 14.1 Å². The van der Waals surface area contributed by atoms with E-state index < -0.39 is 14.1 Å². The molecule has 0 aromatic heterocycles. The van der Waals surface area contributed by atoms with E-state index in [1.807, 2.05) is 0 Å². The molecule has 0 aliphatic carbocycles. The number of hydrogen-bond donors (Lipinski definition) is 0. The van der Waals surface area contributed by atoms with Gasteiger partial charge in [-0.05, 0) is 0 Å². The summed E-state index contributed by atoms with van der Waals surface area (Å²) in [6.45, 7) is 2.30. The molecular weight excluding hydrogens is 195 g/mol. The van der Waals surface area contributed by atoms with Gasteiger partial charge in [0.2, 0.25) is 0 Å². The predicted molar refractivity (Wildman–Crippen MR) is 68.4 cm³/mol. The fourth-order valence-corrected chi connectivity index (χ4v) is 4.74. The lowest BCUT2D eigenvalue weighted by molar-refractivity contribution is 1.43. The lowest BCUT2D eigenvalue weighted by Crippen LogP contribution is -2.41. The van der Waals surface area contributed by atoms with Crippen molar-refractivity contribution in [1.82, 2.24) is 0 Å². The molecule has 0 aliphatic heterocycles. The summed E-state index contributed by atoms with van der Waals surface area (Å²) in [5, 5.41) is 1.29. The zero-order valence-electron chi connectivity index (χ0n) is 9.06. The second kappa shape index (κ2) is 5.17. The minimum absolute atomic E-state index is 0.930. The number of hydrogen-bond acceptors (Lipinski definition) is 0. The molecule has 0 spiro atoms. The van der Waals surface area contributed by atoms with Crippen molar-refractivity contribution in [3.8, 4) is 0 Å². The van der Waals surface area contributed by atoms with Crippen molar-refractivity contribution < 1.29 is 0 Å². The highest BCUT2D eigenvalue weighted by molar-refractivity contribution is 6.85. The summed E-state index contributed by atoms with van der Waals surface area (Å²) in [7, 11) is 0. The monoisotopic (exact) mass is 210 g/mol. The molecule has 0 bridgehead atoms. The molecule has 0 fully saturated rings. The lowest BCUT2D eigenvalue weighted by atomic mass is 10.4. The molecule has 0 N–H and O–H groups in total. The van der Waals surface area contributed by atoms with E-state index in [0.29, 0.717) is 0 Å². The Bertz CT molecular complexity index is 355. The molecule has 0 unspecified atom stereocenters. The first-order valence-corrected chi connectivity index (χ1v) is 7.49. The topological polar surface area (TPSA) is 0 Å². The van der Waals surface area contributed by atoms with E-state index in [1.165, 1.54) is 5.28 Å². The smallest absolute Gasteiger partial charge is 0.104 e. The van der Waals surface area contributed by atoms with Crippen LogP contribution >= 0.6 is 0 Å². The Morgan fingerprint density at radius 3 is 1.47 bits per heavy atom. The number of benzene rings is 2. The largest absolute Gasteiger partial charge is 0.345 e. The fraction of sp³-hybridized carbons (Fsp3) is 0.143. The number of rotatable bonds is 3. The van der Waals surface area contributed by atoms with Crippen LogP contribution in [-0.4, -0.2) is 14.1 Å². The van der Waals surface area contributed by atoms with Crippen LogP contribution in [-0.2, 0) is 0 Å². The Labute approximate surface area is 96.0 Å². The molecule has 0 radical (unpaired) electrons. The van der Waals surface area contributed by atoms with E-state index in [-0.39, 0.29) is 0 Å². The first kappa shape index (κ1) is 10.5. The highest BCUT2D eigenvalue weighted by atomic mass is 27.2. The Kier molecular flexibility index (Phi) is 3.61. The van der Waals surface area contributed by atoms with Crippen molar-refractivity contribution in [2.45, 2.75) is 12.2 Å². The molecular formula is C14H15Al. The van der Waals surface area contributed by atoms with Gasteiger partial charge in [0.25, 0.3) is 0 Å². The summed E-state index contributed by atoms with van der Waals surface area (Å²) in [5.41, 5.74) is 0. The Balaban J connectivity index is 2.34. The Hall–Kier alpha value is -1.03. The van der Waals surface area contributed by atoms with Crippen molar-refractivity contribution in [2.24, 2.45) is 0 Å². The summed E-state index contributed by atoms with van der Waals surface area (Å²) in [6.07, 6.45) is 0. The van der Waals surface area contributed by atoms with Crippen LogP contribution in [0.3, 0.4) is 0 Å². The molecule has 1 heteroatoms. The highest BCUT2D eigenvalue weighted by Crippen LogP contribution is 1.96. The van der Waals surface area contributed by atoms with Gasteiger partial charge in [0.1, 0.15) is 0 Å². The molecule has 74 valence electrons. The van der Waals surface area contributed by atoms with Crippen LogP contribution in [0.15, 0.2) is 60.7 Å². The first-order valence-electron chi connectivity index (χ1n) is 5.51. The van der Waals surface area contributed by atoms with Gasteiger partial charge < -0.3 is 0 Å². The van der Waals surface area contributed by atoms with Crippen molar-refractivity contribution in [1.29, 1.82) is 0 Å². The summed E-state index contributed by atoms with van der Waals surface area (Å²) in [5.74, 6) is 0. The van der Waals surface area contributed by atoms with Gasteiger partial charge in [-0.25, -0.2) is 0 Å². The van der Waals surface area contributed by atoms with Crippen LogP contribution < -0.4 is 8.85 Å². The average Bonchev–Trinajstić information content (AvgIpc) is 2.33. The van der Waals surface area contributed by atoms with E-state index in [9.17, 15) is 0 Å². The fourth-order valence-electron chi connectivity index (χ4n) is 2.03. The van der Waals surface area contributed by atoms with Crippen LogP contribution in [0.25, 0.3) is 0 Å². The third kappa shape index (κ3) is 2.50. The molecule has 2 rings (SSSR count). The molecule has 0 atom stereocenters. The highest BCUT2D eigenvalue weighted by Gasteiger charge is 2.18. The zero-order valence-corrected chi connectivity index (χ0v) is 10.2. The molecule has 0 amide bonds. The van der Waals surface area contributed by atoms with Crippen LogP contribution in [0.1, 0.15) is 6.92 Å².